The molecule has 5 heteroatoms. The van der Waals surface area contributed by atoms with Crippen LogP contribution in [0.3, 0.4) is 0 Å². The summed E-state index contributed by atoms with van der Waals surface area (Å²) in [4.78, 5) is 15.2. The summed E-state index contributed by atoms with van der Waals surface area (Å²) in [5, 5.41) is 1.75. The van der Waals surface area contributed by atoms with Crippen molar-refractivity contribution in [3.05, 3.63) is 18.3 Å². The van der Waals surface area contributed by atoms with Crippen molar-refractivity contribution in [1.29, 1.82) is 0 Å². The maximum atomic E-state index is 11.1. The van der Waals surface area contributed by atoms with E-state index in [1.165, 1.54) is 0 Å². The zero-order valence-electron chi connectivity index (χ0n) is 7.90. The van der Waals surface area contributed by atoms with Gasteiger partial charge in [-0.15, -0.1) is 0 Å². The first kappa shape index (κ1) is 8.80. The summed E-state index contributed by atoms with van der Waals surface area (Å²) < 4.78 is 0. The fourth-order valence-electron chi connectivity index (χ4n) is 1.47. The molecule has 0 aliphatic carbocycles. The van der Waals surface area contributed by atoms with E-state index in [4.69, 9.17) is 5.73 Å². The van der Waals surface area contributed by atoms with Crippen molar-refractivity contribution in [3.63, 3.8) is 0 Å². The van der Waals surface area contributed by atoms with Gasteiger partial charge in [-0.25, -0.2) is 4.98 Å². The molecule has 1 atom stereocenters. The van der Waals surface area contributed by atoms with Gasteiger partial charge in [0.15, 0.2) is 0 Å². The number of hydrogen-bond acceptors (Lipinski definition) is 4. The number of nitrogens with zero attached hydrogens (tertiary/aromatic N) is 2. The van der Waals surface area contributed by atoms with E-state index < -0.39 is 0 Å². The second kappa shape index (κ2) is 3.17. The zero-order chi connectivity index (χ0) is 10.1. The topological polar surface area (TPSA) is 71.2 Å². The van der Waals surface area contributed by atoms with Crippen LogP contribution >= 0.6 is 0 Å². The first-order chi connectivity index (χ1) is 6.66. The highest BCUT2D eigenvalue weighted by atomic mass is 16.2. The van der Waals surface area contributed by atoms with Crippen LogP contribution in [0, 0.1) is 0 Å². The van der Waals surface area contributed by atoms with E-state index in [0.29, 0.717) is 12.1 Å². The third-order valence-electron chi connectivity index (χ3n) is 2.18. The quantitative estimate of drug-likeness (QED) is 0.671. The largest absolute Gasteiger partial charge is 0.397 e. The van der Waals surface area contributed by atoms with E-state index in [1.807, 2.05) is 6.92 Å². The molecule has 74 valence electrons. The van der Waals surface area contributed by atoms with Crippen molar-refractivity contribution in [2.45, 2.75) is 19.4 Å². The Morgan fingerprint density at radius 2 is 2.43 bits per heavy atom. The predicted molar refractivity (Wildman–Crippen MR) is 53.4 cm³/mol. The number of carbonyl (C=O) groups is 1. The van der Waals surface area contributed by atoms with Crippen LogP contribution in [0.25, 0.3) is 0 Å². The van der Waals surface area contributed by atoms with Gasteiger partial charge < -0.3 is 5.73 Å². The fourth-order valence-corrected chi connectivity index (χ4v) is 1.47. The van der Waals surface area contributed by atoms with Crippen molar-refractivity contribution in [2.75, 3.05) is 10.7 Å². The Balaban J connectivity index is 2.23. The average Bonchev–Trinajstić information content (AvgIpc) is 2.47. The Kier molecular flexibility index (Phi) is 1.99. The number of pyridine rings is 1. The zero-order valence-corrected chi connectivity index (χ0v) is 7.90. The molecule has 0 saturated carbocycles. The van der Waals surface area contributed by atoms with Crippen LogP contribution in [-0.2, 0) is 4.79 Å². The summed E-state index contributed by atoms with van der Waals surface area (Å²) >= 11 is 0. The van der Waals surface area contributed by atoms with E-state index in [1.54, 1.807) is 23.3 Å². The minimum atomic E-state index is 0.0242. The minimum absolute atomic E-state index is 0.0242. The van der Waals surface area contributed by atoms with Crippen LogP contribution in [0.4, 0.5) is 11.5 Å². The third kappa shape index (κ3) is 1.48. The van der Waals surface area contributed by atoms with Crippen LogP contribution in [0.15, 0.2) is 18.3 Å². The van der Waals surface area contributed by atoms with Gasteiger partial charge in [0.05, 0.1) is 24.3 Å². The summed E-state index contributed by atoms with van der Waals surface area (Å²) in [6.45, 7) is 1.97. The molecule has 1 aliphatic rings. The lowest BCUT2D eigenvalue weighted by atomic mass is 10.2. The Labute approximate surface area is 81.9 Å². The summed E-state index contributed by atoms with van der Waals surface area (Å²) in [7, 11) is 0. The summed E-state index contributed by atoms with van der Waals surface area (Å²) in [5.74, 6) is 0.744. The Morgan fingerprint density at radius 1 is 1.64 bits per heavy atom. The van der Waals surface area contributed by atoms with E-state index in [-0.39, 0.29) is 11.9 Å². The standard InChI is InChI=1S/C9H12N4O/c1-6-4-9(14)12-13(6)8-3-2-7(10)5-11-8/h2-3,5-6H,4,10H2,1H3,(H,12,14). The monoisotopic (exact) mass is 192 g/mol. The maximum absolute atomic E-state index is 11.1. The molecule has 14 heavy (non-hydrogen) atoms. The van der Waals surface area contributed by atoms with Gasteiger partial charge in [0.1, 0.15) is 5.82 Å². The van der Waals surface area contributed by atoms with Gasteiger partial charge in [0.25, 0.3) is 0 Å². The van der Waals surface area contributed by atoms with Gasteiger partial charge in [-0.1, -0.05) is 0 Å². The number of carbonyl (C=O) groups excluding carboxylic acids is 1. The van der Waals surface area contributed by atoms with Gasteiger partial charge in [-0.3, -0.25) is 15.2 Å². The van der Waals surface area contributed by atoms with Crippen LogP contribution in [0.1, 0.15) is 13.3 Å². The highest BCUT2D eigenvalue weighted by molar-refractivity contribution is 5.82. The van der Waals surface area contributed by atoms with E-state index >= 15 is 0 Å². The van der Waals surface area contributed by atoms with Gasteiger partial charge in [0, 0.05) is 0 Å². The molecule has 1 unspecified atom stereocenters. The molecule has 0 spiro atoms. The SMILES string of the molecule is CC1CC(=O)NN1c1ccc(N)cn1. The summed E-state index contributed by atoms with van der Waals surface area (Å²) in [6, 6.07) is 3.69. The number of hydrogen-bond donors (Lipinski definition) is 2. The van der Waals surface area contributed by atoms with E-state index in [9.17, 15) is 4.79 Å². The lowest BCUT2D eigenvalue weighted by molar-refractivity contribution is -0.119. The van der Waals surface area contributed by atoms with Crippen molar-refractivity contribution in [3.8, 4) is 0 Å². The molecule has 2 rings (SSSR count). The van der Waals surface area contributed by atoms with Crippen molar-refractivity contribution < 1.29 is 4.79 Å². The lowest BCUT2D eigenvalue weighted by Crippen LogP contribution is -2.37. The van der Waals surface area contributed by atoms with Gasteiger partial charge in [-0.2, -0.15) is 0 Å². The molecule has 1 aromatic heterocycles. The molecule has 0 radical (unpaired) electrons. The van der Waals surface area contributed by atoms with E-state index in [2.05, 4.69) is 10.4 Å². The van der Waals surface area contributed by atoms with Crippen molar-refractivity contribution >= 4 is 17.4 Å². The molecule has 0 bridgehead atoms. The van der Waals surface area contributed by atoms with Crippen LogP contribution in [-0.4, -0.2) is 16.9 Å². The number of rotatable bonds is 1. The lowest BCUT2D eigenvalue weighted by Gasteiger charge is -2.20. The molecule has 1 saturated heterocycles. The second-order valence-corrected chi connectivity index (χ2v) is 3.41. The van der Waals surface area contributed by atoms with Crippen LogP contribution in [0.2, 0.25) is 0 Å². The average molecular weight is 192 g/mol. The summed E-state index contributed by atoms with van der Waals surface area (Å²) in [6.07, 6.45) is 2.08. The second-order valence-electron chi connectivity index (χ2n) is 3.41. The highest BCUT2D eigenvalue weighted by Crippen LogP contribution is 2.18. The molecular formula is C9H12N4O. The predicted octanol–water partition coefficient (Wildman–Crippen LogP) is 0.294. The number of nitrogens with one attached hydrogen (secondary N) is 1. The molecule has 1 aromatic rings. The number of nitrogen functional groups attached to an aromatic ring is 1. The molecule has 1 amide bonds. The molecule has 2 heterocycles. The van der Waals surface area contributed by atoms with Gasteiger partial charge in [-0.05, 0) is 19.1 Å². The Morgan fingerprint density at radius 3 is 2.93 bits per heavy atom. The summed E-state index contributed by atoms with van der Waals surface area (Å²) in [5.41, 5.74) is 8.87. The molecule has 1 fully saturated rings. The van der Waals surface area contributed by atoms with Gasteiger partial charge >= 0.3 is 0 Å². The number of aromatic nitrogens is 1. The molecule has 3 N–H and O–H groups in total. The number of hydrazine groups is 1. The highest BCUT2D eigenvalue weighted by Gasteiger charge is 2.27. The number of anilines is 2. The molecular weight excluding hydrogens is 180 g/mol. The van der Waals surface area contributed by atoms with Crippen LogP contribution in [0.5, 0.6) is 0 Å². The molecule has 1 aliphatic heterocycles. The maximum Gasteiger partial charge on any atom is 0.240 e. The molecule has 5 nitrogen and oxygen atoms in total. The number of amides is 1. The smallest absolute Gasteiger partial charge is 0.240 e. The Bertz CT molecular complexity index is 348. The Hall–Kier alpha value is -1.78. The first-order valence-corrected chi connectivity index (χ1v) is 4.47. The van der Waals surface area contributed by atoms with Crippen molar-refractivity contribution in [2.24, 2.45) is 0 Å². The minimum Gasteiger partial charge on any atom is -0.397 e. The first-order valence-electron chi connectivity index (χ1n) is 4.47. The molecule has 0 aromatic carbocycles. The van der Waals surface area contributed by atoms with Gasteiger partial charge in [0.2, 0.25) is 5.91 Å². The van der Waals surface area contributed by atoms with Crippen LogP contribution < -0.4 is 16.2 Å². The normalized spacial score (nSPS) is 21.1. The third-order valence-corrected chi connectivity index (χ3v) is 2.18. The number of nitrogens with two attached hydrogens (primary N) is 1. The van der Waals surface area contributed by atoms with Crippen molar-refractivity contribution in [1.82, 2.24) is 10.4 Å². The fraction of sp³-hybridized carbons (Fsp3) is 0.333. The van der Waals surface area contributed by atoms with E-state index in [0.717, 1.165) is 5.82 Å².